The molecule has 1 rings (SSSR count). The molecule has 1 atom stereocenters. The van der Waals surface area contributed by atoms with Crippen LogP contribution in [0, 0.1) is 10.1 Å². The highest BCUT2D eigenvalue weighted by atomic mass is 35.5. The van der Waals surface area contributed by atoms with Crippen molar-refractivity contribution in [3.63, 3.8) is 0 Å². The monoisotopic (exact) mass is 340 g/mol. The lowest BCUT2D eigenvalue weighted by Gasteiger charge is -2.38. The number of rotatable bonds is 7. The number of halogens is 2. The van der Waals surface area contributed by atoms with Crippen molar-refractivity contribution in [2.24, 2.45) is 0 Å². The Morgan fingerprint density at radius 3 is 2.57 bits per heavy atom. The normalized spacial score (nSPS) is 13.6. The van der Waals surface area contributed by atoms with Crippen molar-refractivity contribution in [2.45, 2.75) is 50.8 Å². The smallest absolute Gasteiger partial charge is 0.390 e. The lowest BCUT2D eigenvalue weighted by atomic mass is 9.89. The van der Waals surface area contributed by atoms with E-state index in [4.69, 9.17) is 11.6 Å². The van der Waals surface area contributed by atoms with Crippen molar-refractivity contribution in [3.8, 4) is 0 Å². The molecule has 0 saturated carbocycles. The maximum atomic E-state index is 10.7. The Morgan fingerprint density at radius 1 is 1.52 bits per heavy atom. The van der Waals surface area contributed by atoms with Crippen LogP contribution in [0.4, 0.5) is 5.95 Å². The Bertz CT molecular complexity index is 471. The first-order valence-electron chi connectivity index (χ1n) is 6.32. The fourth-order valence-corrected chi connectivity index (χ4v) is 1.56. The zero-order chi connectivity index (χ0) is 15.6. The van der Waals surface area contributed by atoms with Gasteiger partial charge < -0.3 is 20.5 Å². The number of aliphatic hydroxyl groups is 1. The van der Waals surface area contributed by atoms with Crippen molar-refractivity contribution >= 4 is 30.0 Å². The quantitative estimate of drug-likeness (QED) is 0.449. The summed E-state index contributed by atoms with van der Waals surface area (Å²) in [5.41, 5.74) is -0.392. The van der Waals surface area contributed by atoms with Gasteiger partial charge in [0.25, 0.3) is 0 Å². The van der Waals surface area contributed by atoms with Gasteiger partial charge in [-0.3, -0.25) is 0 Å². The lowest BCUT2D eigenvalue weighted by Crippen LogP contribution is -2.55. The van der Waals surface area contributed by atoms with Gasteiger partial charge in [-0.05, 0) is 32.6 Å². The fraction of sp³-hybridized carbons (Fsp3) is 0.750. The fourth-order valence-electron chi connectivity index (χ4n) is 1.49. The third-order valence-corrected chi connectivity index (χ3v) is 4.00. The average molecular weight is 341 g/mol. The van der Waals surface area contributed by atoms with Gasteiger partial charge in [0.1, 0.15) is 12.4 Å². The molecule has 1 heterocycles. The van der Waals surface area contributed by atoms with Crippen molar-refractivity contribution in [3.05, 3.63) is 22.5 Å². The van der Waals surface area contributed by atoms with E-state index in [1.807, 2.05) is 27.7 Å². The Kier molecular flexibility index (Phi) is 7.08. The van der Waals surface area contributed by atoms with Crippen LogP contribution in [0.25, 0.3) is 0 Å². The van der Waals surface area contributed by atoms with E-state index >= 15 is 0 Å². The maximum absolute atomic E-state index is 10.7. The summed E-state index contributed by atoms with van der Waals surface area (Å²) >= 11 is 6.27. The van der Waals surface area contributed by atoms with Crippen LogP contribution < -0.4 is 5.32 Å². The number of alkyl halides is 1. The van der Waals surface area contributed by atoms with Gasteiger partial charge in [0.05, 0.1) is 17.5 Å². The zero-order valence-corrected chi connectivity index (χ0v) is 14.1. The number of nitrogens with zero attached hydrogens (tertiary/aromatic N) is 3. The van der Waals surface area contributed by atoms with E-state index in [-0.39, 0.29) is 31.4 Å². The Morgan fingerprint density at radius 2 is 2.10 bits per heavy atom. The number of β-amino-alcohol motifs (C(OH)–C–C–N with tert-alkyl or cyclic N) is 1. The van der Waals surface area contributed by atoms with E-state index in [1.165, 1.54) is 17.0 Å². The molecule has 0 aromatic carbocycles. The van der Waals surface area contributed by atoms with Gasteiger partial charge in [-0.1, -0.05) is 4.98 Å². The maximum Gasteiger partial charge on any atom is 0.434 e. The number of aromatic nitrogens is 2. The van der Waals surface area contributed by atoms with E-state index in [0.717, 1.165) is 0 Å². The van der Waals surface area contributed by atoms with Gasteiger partial charge in [0, 0.05) is 12.1 Å². The van der Waals surface area contributed by atoms with Crippen LogP contribution >= 0.6 is 24.0 Å². The number of nitro groups is 1. The second kappa shape index (κ2) is 7.40. The molecule has 0 aliphatic carbocycles. The van der Waals surface area contributed by atoms with Crippen molar-refractivity contribution in [2.75, 3.05) is 6.54 Å². The molecule has 0 bridgehead atoms. The predicted octanol–water partition coefficient (Wildman–Crippen LogP) is 1.96. The number of hydrogen-bond acceptors (Lipinski definition) is 5. The summed E-state index contributed by atoms with van der Waals surface area (Å²) in [5, 5.41) is 23.9. The summed E-state index contributed by atoms with van der Waals surface area (Å²) < 4.78 is 1.31. The number of imidazole rings is 1. The molecule has 0 amide bonds. The summed E-state index contributed by atoms with van der Waals surface area (Å²) in [4.78, 5) is 13.3. The van der Waals surface area contributed by atoms with E-state index in [9.17, 15) is 15.2 Å². The molecule has 122 valence electrons. The molecule has 0 fully saturated rings. The molecule has 1 aromatic rings. The molecule has 2 N–H and O–H groups in total. The van der Waals surface area contributed by atoms with Crippen LogP contribution in [0.3, 0.4) is 0 Å². The molecular weight excluding hydrogens is 319 g/mol. The third kappa shape index (κ3) is 5.43. The Hall–Kier alpha value is -0.890. The van der Waals surface area contributed by atoms with E-state index in [2.05, 4.69) is 10.3 Å². The van der Waals surface area contributed by atoms with Gasteiger partial charge in [0.2, 0.25) is 0 Å². The minimum atomic E-state index is -0.777. The summed E-state index contributed by atoms with van der Waals surface area (Å²) in [7, 11) is 0. The molecular formula is C12H22Cl2N4O3. The third-order valence-electron chi connectivity index (χ3n) is 3.53. The number of nitrogens with one attached hydrogen (secondary N) is 1. The standard InChI is InChI=1S/C12H21ClN4O3.ClH/c1-11(2,13)12(3,4)15-7-9(18)8-16-6-5-14-10(16)17(19)20;/h5-6,9,15,18H,7-8H2,1-4H3;1H. The molecule has 0 aliphatic heterocycles. The molecule has 1 unspecified atom stereocenters. The molecule has 9 heteroatoms. The lowest BCUT2D eigenvalue weighted by molar-refractivity contribution is -0.397. The molecule has 0 saturated heterocycles. The summed E-state index contributed by atoms with van der Waals surface area (Å²) in [6.45, 7) is 8.02. The largest absolute Gasteiger partial charge is 0.434 e. The van der Waals surface area contributed by atoms with Crippen molar-refractivity contribution in [1.82, 2.24) is 14.9 Å². The first kappa shape index (κ1) is 20.1. The highest BCUT2D eigenvalue weighted by Crippen LogP contribution is 2.27. The first-order chi connectivity index (χ1) is 9.04. The van der Waals surface area contributed by atoms with Crippen LogP contribution in [-0.2, 0) is 6.54 Å². The van der Waals surface area contributed by atoms with E-state index in [1.54, 1.807) is 0 Å². The Balaban J connectivity index is 0.00000400. The molecule has 7 nitrogen and oxygen atoms in total. The van der Waals surface area contributed by atoms with Crippen LogP contribution in [0.2, 0.25) is 0 Å². The van der Waals surface area contributed by atoms with Crippen LogP contribution in [0.1, 0.15) is 27.7 Å². The molecule has 0 aliphatic rings. The SMILES string of the molecule is CC(C)(Cl)C(C)(C)NCC(O)Cn1ccnc1[N+](=O)[O-].Cl. The molecule has 21 heavy (non-hydrogen) atoms. The van der Waals surface area contributed by atoms with Crippen LogP contribution in [-0.4, -0.2) is 42.6 Å². The van der Waals surface area contributed by atoms with Crippen LogP contribution in [0.5, 0.6) is 0 Å². The Labute approximate surface area is 135 Å². The number of hydrogen-bond donors (Lipinski definition) is 2. The average Bonchev–Trinajstić information content (AvgIpc) is 2.73. The predicted molar refractivity (Wildman–Crippen MR) is 84.1 cm³/mol. The highest BCUT2D eigenvalue weighted by molar-refractivity contribution is 6.24. The van der Waals surface area contributed by atoms with Gasteiger partial charge in [-0.15, -0.1) is 24.0 Å². The van der Waals surface area contributed by atoms with E-state index < -0.39 is 21.4 Å². The highest BCUT2D eigenvalue weighted by Gasteiger charge is 2.35. The zero-order valence-electron chi connectivity index (χ0n) is 12.5. The topological polar surface area (TPSA) is 93.2 Å². The summed E-state index contributed by atoms with van der Waals surface area (Å²) in [6.07, 6.45) is 2.03. The summed E-state index contributed by atoms with van der Waals surface area (Å²) in [6, 6.07) is 0. The minimum Gasteiger partial charge on any atom is -0.390 e. The second-order valence-corrected chi connectivity index (χ2v) is 6.71. The van der Waals surface area contributed by atoms with Gasteiger partial charge in [-0.25, -0.2) is 4.57 Å². The van der Waals surface area contributed by atoms with E-state index in [0.29, 0.717) is 0 Å². The molecule has 0 radical (unpaired) electrons. The number of aliphatic hydroxyl groups excluding tert-OH is 1. The second-order valence-electron chi connectivity index (χ2n) is 5.77. The van der Waals surface area contributed by atoms with Gasteiger partial charge in [-0.2, -0.15) is 0 Å². The van der Waals surface area contributed by atoms with Crippen molar-refractivity contribution < 1.29 is 10.0 Å². The molecule has 0 spiro atoms. The van der Waals surface area contributed by atoms with Crippen molar-refractivity contribution in [1.29, 1.82) is 0 Å². The van der Waals surface area contributed by atoms with Gasteiger partial charge >= 0.3 is 5.95 Å². The minimum absolute atomic E-state index is 0. The molecule has 1 aromatic heterocycles. The van der Waals surface area contributed by atoms with Crippen LogP contribution in [0.15, 0.2) is 12.4 Å². The summed E-state index contributed by atoms with van der Waals surface area (Å²) in [5.74, 6) is -0.277. The first-order valence-corrected chi connectivity index (χ1v) is 6.70. The van der Waals surface area contributed by atoms with Gasteiger partial charge in [0.15, 0.2) is 0 Å².